The Hall–Kier alpha value is -2.35. The maximum absolute atomic E-state index is 13.0. The number of hydrogen-bond acceptors (Lipinski definition) is 5. The van der Waals surface area contributed by atoms with Crippen molar-refractivity contribution in [2.24, 2.45) is 0 Å². The summed E-state index contributed by atoms with van der Waals surface area (Å²) < 4.78 is 19.8. The number of aryl methyl sites for hydroxylation is 1. The summed E-state index contributed by atoms with van der Waals surface area (Å²) in [5.74, 6) is -0.331. The van der Waals surface area contributed by atoms with Gasteiger partial charge in [0.05, 0.1) is 18.3 Å². The molecular formula is C13H16FN5O2. The number of carbonyl (C=O) groups excluding carboxylic acids is 1. The van der Waals surface area contributed by atoms with E-state index in [1.165, 1.54) is 6.20 Å². The van der Waals surface area contributed by atoms with E-state index in [1.807, 2.05) is 4.57 Å². The Balaban J connectivity index is 1.91. The van der Waals surface area contributed by atoms with Gasteiger partial charge in [-0.3, -0.25) is 9.78 Å². The number of hydrogen-bond donors (Lipinski definition) is 1. The smallest absolute Gasteiger partial charge is 0.253 e. The average Bonchev–Trinajstić information content (AvgIpc) is 2.92. The molecule has 0 fully saturated rings. The van der Waals surface area contributed by atoms with Gasteiger partial charge in [-0.15, -0.1) is 10.2 Å². The SMILES string of the molecule is COCCCn1cnnc1CNC(=O)c1cncc(F)c1. The number of amides is 1. The Morgan fingerprint density at radius 3 is 3.10 bits per heavy atom. The summed E-state index contributed by atoms with van der Waals surface area (Å²) in [7, 11) is 1.64. The topological polar surface area (TPSA) is 81.9 Å². The van der Waals surface area contributed by atoms with Crippen molar-refractivity contribution in [2.45, 2.75) is 19.5 Å². The second-order valence-corrected chi connectivity index (χ2v) is 4.36. The van der Waals surface area contributed by atoms with E-state index in [-0.39, 0.29) is 12.1 Å². The third-order valence-electron chi connectivity index (χ3n) is 2.82. The molecular weight excluding hydrogens is 277 g/mol. The molecule has 0 aliphatic carbocycles. The van der Waals surface area contributed by atoms with E-state index in [9.17, 15) is 9.18 Å². The van der Waals surface area contributed by atoms with Crippen molar-refractivity contribution in [3.05, 3.63) is 42.0 Å². The second-order valence-electron chi connectivity index (χ2n) is 4.36. The number of methoxy groups -OCH3 is 1. The van der Waals surface area contributed by atoms with Crippen LogP contribution in [0.5, 0.6) is 0 Å². The third-order valence-corrected chi connectivity index (χ3v) is 2.82. The van der Waals surface area contributed by atoms with Crippen LogP contribution in [0.3, 0.4) is 0 Å². The van der Waals surface area contributed by atoms with E-state index >= 15 is 0 Å². The van der Waals surface area contributed by atoms with E-state index in [4.69, 9.17) is 4.74 Å². The first-order valence-electron chi connectivity index (χ1n) is 6.45. The Bertz CT molecular complexity index is 602. The molecule has 0 aliphatic heterocycles. The van der Waals surface area contributed by atoms with Gasteiger partial charge >= 0.3 is 0 Å². The highest BCUT2D eigenvalue weighted by Crippen LogP contribution is 2.02. The molecule has 0 saturated carbocycles. The van der Waals surface area contributed by atoms with E-state index in [2.05, 4.69) is 20.5 Å². The Labute approximate surface area is 121 Å². The van der Waals surface area contributed by atoms with Gasteiger partial charge in [0.1, 0.15) is 12.1 Å². The van der Waals surface area contributed by atoms with Gasteiger partial charge in [-0.25, -0.2) is 4.39 Å². The lowest BCUT2D eigenvalue weighted by molar-refractivity contribution is 0.0948. The summed E-state index contributed by atoms with van der Waals surface area (Å²) in [5, 5.41) is 10.4. The van der Waals surface area contributed by atoms with E-state index < -0.39 is 11.7 Å². The van der Waals surface area contributed by atoms with Crippen molar-refractivity contribution in [3.8, 4) is 0 Å². The number of aromatic nitrogens is 4. The standard InChI is InChI=1S/C13H16FN5O2/c1-21-4-2-3-19-9-17-18-12(19)8-16-13(20)10-5-11(14)7-15-6-10/h5-7,9H,2-4,8H2,1H3,(H,16,20). The summed E-state index contributed by atoms with van der Waals surface area (Å²) in [4.78, 5) is 15.5. The highest BCUT2D eigenvalue weighted by molar-refractivity contribution is 5.93. The minimum atomic E-state index is -0.551. The van der Waals surface area contributed by atoms with Crippen molar-refractivity contribution in [2.75, 3.05) is 13.7 Å². The molecule has 8 heteroatoms. The third kappa shape index (κ3) is 4.32. The van der Waals surface area contributed by atoms with Crippen LogP contribution < -0.4 is 5.32 Å². The predicted octanol–water partition coefficient (Wildman–Crippen LogP) is 0.779. The first kappa shape index (κ1) is 15.0. The average molecular weight is 293 g/mol. The zero-order valence-corrected chi connectivity index (χ0v) is 11.6. The summed E-state index contributed by atoms with van der Waals surface area (Å²) >= 11 is 0. The molecule has 2 aromatic heterocycles. The summed E-state index contributed by atoms with van der Waals surface area (Å²) in [6.45, 7) is 1.55. The molecule has 0 atom stereocenters. The van der Waals surface area contributed by atoms with Gasteiger partial charge in [0.2, 0.25) is 0 Å². The molecule has 7 nitrogen and oxygen atoms in total. The number of carbonyl (C=O) groups is 1. The van der Waals surface area contributed by atoms with Gasteiger partial charge in [-0.05, 0) is 12.5 Å². The van der Waals surface area contributed by atoms with Crippen LogP contribution in [0.15, 0.2) is 24.8 Å². The molecule has 0 unspecified atom stereocenters. The summed E-state index contributed by atoms with van der Waals surface area (Å²) in [6.07, 6.45) is 4.77. The number of nitrogens with one attached hydrogen (secondary N) is 1. The predicted molar refractivity (Wildman–Crippen MR) is 71.9 cm³/mol. The van der Waals surface area contributed by atoms with Crippen molar-refractivity contribution < 1.29 is 13.9 Å². The minimum absolute atomic E-state index is 0.167. The first-order valence-corrected chi connectivity index (χ1v) is 6.45. The van der Waals surface area contributed by atoms with Crippen LogP contribution in [0.25, 0.3) is 0 Å². The zero-order valence-electron chi connectivity index (χ0n) is 11.6. The molecule has 112 valence electrons. The molecule has 0 aromatic carbocycles. The molecule has 2 aromatic rings. The van der Waals surface area contributed by atoms with Crippen molar-refractivity contribution >= 4 is 5.91 Å². The Morgan fingerprint density at radius 2 is 2.33 bits per heavy atom. The van der Waals surface area contributed by atoms with Gasteiger partial charge in [0.25, 0.3) is 5.91 Å². The molecule has 2 rings (SSSR count). The van der Waals surface area contributed by atoms with Crippen LogP contribution in [0.1, 0.15) is 22.6 Å². The lowest BCUT2D eigenvalue weighted by Gasteiger charge is -2.07. The van der Waals surface area contributed by atoms with Gasteiger partial charge in [0.15, 0.2) is 5.82 Å². The van der Waals surface area contributed by atoms with Gasteiger partial charge < -0.3 is 14.6 Å². The van der Waals surface area contributed by atoms with Crippen molar-refractivity contribution in [1.82, 2.24) is 25.1 Å². The number of halogens is 1. The summed E-state index contributed by atoms with van der Waals surface area (Å²) in [6, 6.07) is 1.13. The van der Waals surface area contributed by atoms with Crippen LogP contribution >= 0.6 is 0 Å². The lowest BCUT2D eigenvalue weighted by atomic mass is 10.2. The highest BCUT2D eigenvalue weighted by Gasteiger charge is 2.09. The first-order chi connectivity index (χ1) is 10.2. The molecule has 0 saturated heterocycles. The Morgan fingerprint density at radius 1 is 1.48 bits per heavy atom. The van der Waals surface area contributed by atoms with Gasteiger partial charge in [0, 0.05) is 26.5 Å². The van der Waals surface area contributed by atoms with Crippen molar-refractivity contribution in [3.63, 3.8) is 0 Å². The number of pyridine rings is 1. The minimum Gasteiger partial charge on any atom is -0.385 e. The van der Waals surface area contributed by atoms with E-state index in [1.54, 1.807) is 13.4 Å². The molecule has 0 bridgehead atoms. The molecule has 0 spiro atoms. The largest absolute Gasteiger partial charge is 0.385 e. The van der Waals surface area contributed by atoms with Crippen LogP contribution in [0, 0.1) is 5.82 Å². The number of ether oxygens (including phenoxy) is 1. The monoisotopic (exact) mass is 293 g/mol. The van der Waals surface area contributed by atoms with Gasteiger partial charge in [-0.2, -0.15) is 0 Å². The van der Waals surface area contributed by atoms with Gasteiger partial charge in [-0.1, -0.05) is 0 Å². The lowest BCUT2D eigenvalue weighted by Crippen LogP contribution is -2.25. The zero-order chi connectivity index (χ0) is 15.1. The fraction of sp³-hybridized carbons (Fsp3) is 0.385. The summed E-state index contributed by atoms with van der Waals surface area (Å²) in [5.41, 5.74) is 0.167. The van der Waals surface area contributed by atoms with Crippen LogP contribution in [0.2, 0.25) is 0 Å². The van der Waals surface area contributed by atoms with E-state index in [0.717, 1.165) is 18.7 Å². The van der Waals surface area contributed by atoms with Crippen LogP contribution in [0.4, 0.5) is 4.39 Å². The molecule has 1 amide bonds. The van der Waals surface area contributed by atoms with Crippen LogP contribution in [-0.2, 0) is 17.8 Å². The van der Waals surface area contributed by atoms with E-state index in [0.29, 0.717) is 19.0 Å². The quantitative estimate of drug-likeness (QED) is 0.763. The number of nitrogens with zero attached hydrogens (tertiary/aromatic N) is 4. The molecule has 2 heterocycles. The Kier molecular flexibility index (Phi) is 5.33. The maximum atomic E-state index is 13.0. The maximum Gasteiger partial charge on any atom is 0.253 e. The molecule has 1 N–H and O–H groups in total. The molecule has 21 heavy (non-hydrogen) atoms. The number of rotatable bonds is 7. The molecule has 0 aliphatic rings. The fourth-order valence-electron chi connectivity index (χ4n) is 1.78. The fourth-order valence-corrected chi connectivity index (χ4v) is 1.78. The second kappa shape index (κ2) is 7.44. The highest BCUT2D eigenvalue weighted by atomic mass is 19.1. The van der Waals surface area contributed by atoms with Crippen molar-refractivity contribution in [1.29, 1.82) is 0 Å². The normalized spacial score (nSPS) is 10.6. The van der Waals surface area contributed by atoms with Crippen LogP contribution in [-0.4, -0.2) is 39.4 Å². The molecule has 0 radical (unpaired) electrons.